The molecule has 162 valence electrons. The number of alkyl halides is 6. The van der Waals surface area contributed by atoms with Crippen LogP contribution in [0.1, 0.15) is 36.1 Å². The van der Waals surface area contributed by atoms with Crippen molar-refractivity contribution in [3.05, 3.63) is 46.8 Å². The van der Waals surface area contributed by atoms with Gasteiger partial charge in [-0.15, -0.1) is 31.4 Å². The van der Waals surface area contributed by atoms with Crippen molar-refractivity contribution in [1.29, 1.82) is 0 Å². The third kappa shape index (κ3) is 6.50. The molecule has 0 unspecified atom stereocenters. The van der Waals surface area contributed by atoms with E-state index in [0.717, 1.165) is 0 Å². The molecule has 0 saturated carbocycles. The summed E-state index contributed by atoms with van der Waals surface area (Å²) in [6.07, 6.45) is -10.2. The number of rotatable bonds is 4. The summed E-state index contributed by atoms with van der Waals surface area (Å²) in [5, 5.41) is 3.03. The maximum Gasteiger partial charge on any atom is 0.416 e. The third-order valence-corrected chi connectivity index (χ3v) is 4.23. The fourth-order valence-electron chi connectivity index (χ4n) is 3.09. The van der Waals surface area contributed by atoms with E-state index < -0.39 is 40.9 Å². The molecule has 1 heterocycles. The van der Waals surface area contributed by atoms with Gasteiger partial charge in [0.15, 0.2) is 0 Å². The summed E-state index contributed by atoms with van der Waals surface area (Å²) < 4.78 is 93.6. The highest BCUT2D eigenvalue weighted by Gasteiger charge is 2.42. The van der Waals surface area contributed by atoms with Gasteiger partial charge >= 0.3 is 12.4 Å². The SMILES string of the molecule is C=C(C)C[C@H](c1c(F)cc(C(F)(F)F)cc1C(F)(F)F)N1CCNCC1.Cl.Cl. The van der Waals surface area contributed by atoms with Gasteiger partial charge in [0.05, 0.1) is 11.1 Å². The normalized spacial score (nSPS) is 16.7. The lowest BCUT2D eigenvalue weighted by Crippen LogP contribution is -2.45. The van der Waals surface area contributed by atoms with Gasteiger partial charge in [0, 0.05) is 37.8 Å². The quantitative estimate of drug-likeness (QED) is 0.467. The van der Waals surface area contributed by atoms with E-state index in [0.29, 0.717) is 31.8 Å². The van der Waals surface area contributed by atoms with Crippen molar-refractivity contribution in [2.45, 2.75) is 31.7 Å². The van der Waals surface area contributed by atoms with Gasteiger partial charge < -0.3 is 5.32 Å². The van der Waals surface area contributed by atoms with Crippen LogP contribution in [0.2, 0.25) is 0 Å². The number of halogens is 9. The Morgan fingerprint density at radius 3 is 2.04 bits per heavy atom. The highest BCUT2D eigenvalue weighted by atomic mass is 35.5. The van der Waals surface area contributed by atoms with Crippen LogP contribution in [-0.2, 0) is 12.4 Å². The zero-order valence-electron chi connectivity index (χ0n) is 14.9. The molecule has 1 saturated heterocycles. The molecule has 0 aliphatic carbocycles. The molecule has 1 atom stereocenters. The van der Waals surface area contributed by atoms with Gasteiger partial charge in [-0.1, -0.05) is 5.57 Å². The van der Waals surface area contributed by atoms with E-state index in [2.05, 4.69) is 11.9 Å². The molecule has 1 aliphatic rings. The summed E-state index contributed by atoms with van der Waals surface area (Å²) in [5.74, 6) is -1.50. The van der Waals surface area contributed by atoms with Crippen LogP contribution < -0.4 is 5.32 Å². The lowest BCUT2D eigenvalue weighted by molar-refractivity contribution is -0.144. The maximum atomic E-state index is 14.6. The van der Waals surface area contributed by atoms with Crippen molar-refractivity contribution in [3.63, 3.8) is 0 Å². The van der Waals surface area contributed by atoms with E-state index in [1.54, 1.807) is 11.8 Å². The zero-order valence-corrected chi connectivity index (χ0v) is 16.5. The smallest absolute Gasteiger partial charge is 0.314 e. The van der Waals surface area contributed by atoms with Crippen LogP contribution >= 0.6 is 24.8 Å². The number of hydrogen-bond acceptors (Lipinski definition) is 2. The van der Waals surface area contributed by atoms with E-state index >= 15 is 0 Å². The maximum absolute atomic E-state index is 14.6. The van der Waals surface area contributed by atoms with Crippen LogP contribution in [-0.4, -0.2) is 31.1 Å². The summed E-state index contributed by atoms with van der Waals surface area (Å²) in [6.45, 7) is 6.96. The average molecular weight is 457 g/mol. The molecule has 11 heteroatoms. The Morgan fingerprint density at radius 2 is 1.61 bits per heavy atom. The molecular formula is C17H21Cl2F7N2. The molecule has 1 aromatic carbocycles. The van der Waals surface area contributed by atoms with Crippen molar-refractivity contribution in [3.8, 4) is 0 Å². The monoisotopic (exact) mass is 456 g/mol. The first kappa shape index (κ1) is 27.0. The minimum Gasteiger partial charge on any atom is -0.314 e. The first-order valence-corrected chi connectivity index (χ1v) is 7.98. The number of piperazine rings is 1. The van der Waals surface area contributed by atoms with Gasteiger partial charge in [0.25, 0.3) is 0 Å². The van der Waals surface area contributed by atoms with Gasteiger partial charge in [0.1, 0.15) is 5.82 Å². The van der Waals surface area contributed by atoms with Gasteiger partial charge in [-0.3, -0.25) is 4.90 Å². The Labute approximate surface area is 171 Å². The highest BCUT2D eigenvalue weighted by molar-refractivity contribution is 5.85. The molecule has 0 amide bonds. The van der Waals surface area contributed by atoms with Gasteiger partial charge in [-0.05, 0) is 25.5 Å². The summed E-state index contributed by atoms with van der Waals surface area (Å²) in [4.78, 5) is 1.64. The summed E-state index contributed by atoms with van der Waals surface area (Å²) in [5.41, 5.74) is -3.48. The lowest BCUT2D eigenvalue weighted by Gasteiger charge is -2.37. The summed E-state index contributed by atoms with van der Waals surface area (Å²) >= 11 is 0. The van der Waals surface area contributed by atoms with Gasteiger partial charge in [-0.2, -0.15) is 26.3 Å². The van der Waals surface area contributed by atoms with E-state index in [1.807, 2.05) is 0 Å². The Kier molecular flexibility index (Phi) is 9.76. The van der Waals surface area contributed by atoms with Crippen LogP contribution in [0.25, 0.3) is 0 Å². The largest absolute Gasteiger partial charge is 0.416 e. The molecule has 1 N–H and O–H groups in total. The molecule has 0 aromatic heterocycles. The first-order valence-electron chi connectivity index (χ1n) is 7.98. The van der Waals surface area contributed by atoms with Crippen LogP contribution in [0, 0.1) is 5.82 Å². The molecule has 0 radical (unpaired) electrons. The van der Waals surface area contributed by atoms with Crippen molar-refractivity contribution < 1.29 is 30.7 Å². The lowest BCUT2D eigenvalue weighted by atomic mass is 9.91. The molecule has 1 aromatic rings. The molecule has 2 nitrogen and oxygen atoms in total. The van der Waals surface area contributed by atoms with Crippen molar-refractivity contribution in [2.75, 3.05) is 26.2 Å². The second-order valence-electron chi connectivity index (χ2n) is 6.38. The van der Waals surface area contributed by atoms with Gasteiger partial charge in [0.2, 0.25) is 0 Å². The molecule has 1 fully saturated rings. The van der Waals surface area contributed by atoms with Crippen LogP contribution in [0.4, 0.5) is 30.7 Å². The van der Waals surface area contributed by atoms with E-state index in [4.69, 9.17) is 0 Å². The second kappa shape index (κ2) is 10.1. The standard InChI is InChI=1S/C17H19F7N2.2ClH/c1-10(2)7-14(26-5-3-25-4-6-26)15-12(17(22,23)24)8-11(9-13(15)18)16(19,20)21;;/h8-9,14,25H,1,3-7H2,2H3;2*1H/t14-;;/m1../s1. The Hall–Kier alpha value is -1.03. The van der Waals surface area contributed by atoms with Crippen molar-refractivity contribution in [2.24, 2.45) is 0 Å². The van der Waals surface area contributed by atoms with Gasteiger partial charge in [-0.25, -0.2) is 4.39 Å². The molecule has 28 heavy (non-hydrogen) atoms. The Morgan fingerprint density at radius 1 is 1.07 bits per heavy atom. The Balaban J connectivity index is 0.00000364. The van der Waals surface area contributed by atoms with E-state index in [-0.39, 0.29) is 43.4 Å². The van der Waals surface area contributed by atoms with Crippen molar-refractivity contribution in [1.82, 2.24) is 10.2 Å². The summed E-state index contributed by atoms with van der Waals surface area (Å²) in [7, 11) is 0. The molecular weight excluding hydrogens is 436 g/mol. The number of hydrogen-bond donors (Lipinski definition) is 1. The van der Waals surface area contributed by atoms with E-state index in [1.165, 1.54) is 0 Å². The van der Waals surface area contributed by atoms with Crippen LogP contribution in [0.5, 0.6) is 0 Å². The molecule has 1 aliphatic heterocycles. The fraction of sp³-hybridized carbons (Fsp3) is 0.529. The number of nitrogens with one attached hydrogen (secondary N) is 1. The topological polar surface area (TPSA) is 15.3 Å². The van der Waals surface area contributed by atoms with E-state index in [9.17, 15) is 30.7 Å². The fourth-order valence-corrected chi connectivity index (χ4v) is 3.09. The minimum atomic E-state index is -5.11. The first-order chi connectivity index (χ1) is 11.9. The van der Waals surface area contributed by atoms with Crippen molar-refractivity contribution >= 4 is 24.8 Å². The average Bonchev–Trinajstić information content (AvgIpc) is 2.51. The summed E-state index contributed by atoms with van der Waals surface area (Å²) in [6, 6.07) is -0.905. The zero-order chi connectivity index (χ0) is 19.7. The highest BCUT2D eigenvalue weighted by Crippen LogP contribution is 2.43. The molecule has 2 rings (SSSR count). The predicted molar refractivity (Wildman–Crippen MR) is 97.5 cm³/mol. The third-order valence-electron chi connectivity index (χ3n) is 4.23. The van der Waals surface area contributed by atoms with Crippen LogP contribution in [0.3, 0.4) is 0 Å². The minimum absolute atomic E-state index is 0. The molecule has 0 bridgehead atoms. The second-order valence-corrected chi connectivity index (χ2v) is 6.38. The predicted octanol–water partition coefficient (Wildman–Crippen LogP) is 5.62. The van der Waals surface area contributed by atoms with Crippen LogP contribution in [0.15, 0.2) is 24.3 Å². The number of nitrogens with zero attached hydrogens (tertiary/aromatic N) is 1. The molecule has 0 spiro atoms. The number of benzene rings is 1. The Bertz CT molecular complexity index is 669.